The lowest BCUT2D eigenvalue weighted by atomic mass is 10.1. The molecule has 0 fully saturated rings. The van der Waals surface area contributed by atoms with Crippen LogP contribution in [0.2, 0.25) is 0 Å². The summed E-state index contributed by atoms with van der Waals surface area (Å²) in [6.45, 7) is 4.58. The second-order valence-corrected chi connectivity index (χ2v) is 5.62. The van der Waals surface area contributed by atoms with Gasteiger partial charge in [0.1, 0.15) is 0 Å². The third-order valence-electron chi connectivity index (χ3n) is 2.84. The van der Waals surface area contributed by atoms with Crippen LogP contribution in [0.3, 0.4) is 0 Å². The zero-order valence-electron chi connectivity index (χ0n) is 11.9. The maximum Gasteiger partial charge on any atom is 0.253 e. The van der Waals surface area contributed by atoms with Gasteiger partial charge in [-0.25, -0.2) is 4.98 Å². The normalized spacial score (nSPS) is 9.43. The van der Waals surface area contributed by atoms with Crippen molar-refractivity contribution in [2.75, 3.05) is 12.3 Å². The Morgan fingerprint density at radius 2 is 1.95 bits per heavy atom. The molecule has 1 aromatic carbocycles. The number of aromatic nitrogens is 1. The predicted octanol–water partition coefficient (Wildman–Crippen LogP) is 3.16. The lowest BCUT2D eigenvalue weighted by Gasteiger charge is -2.06. The van der Waals surface area contributed by atoms with Crippen molar-refractivity contribution in [2.45, 2.75) is 20.3 Å². The first-order valence-electron chi connectivity index (χ1n) is 6.13. The van der Waals surface area contributed by atoms with Crippen molar-refractivity contribution in [3.63, 3.8) is 0 Å². The van der Waals surface area contributed by atoms with Crippen LogP contribution in [0.4, 0.5) is 5.69 Å². The van der Waals surface area contributed by atoms with E-state index in [0.717, 1.165) is 17.1 Å². The lowest BCUT2D eigenvalue weighted by molar-refractivity contribution is 0.0955. The van der Waals surface area contributed by atoms with Crippen molar-refractivity contribution >= 4 is 47.7 Å². The largest absolute Gasteiger partial charge is 0.398 e. The molecular weight excluding hydrogens is 329 g/mol. The fourth-order valence-electron chi connectivity index (χ4n) is 1.89. The van der Waals surface area contributed by atoms with Gasteiger partial charge in [-0.15, -0.1) is 36.2 Å². The summed E-state index contributed by atoms with van der Waals surface area (Å²) in [5.41, 5.74) is 7.85. The van der Waals surface area contributed by atoms with E-state index in [1.54, 1.807) is 23.5 Å². The van der Waals surface area contributed by atoms with Gasteiger partial charge in [-0.05, 0) is 26.0 Å². The summed E-state index contributed by atoms with van der Waals surface area (Å²) in [7, 11) is 0. The molecule has 0 atom stereocenters. The van der Waals surface area contributed by atoms with Crippen molar-refractivity contribution in [2.24, 2.45) is 0 Å². The number of hydrogen-bond acceptors (Lipinski definition) is 4. The SMILES string of the molecule is Cc1nc(C)c(CCNC(=O)c2ccccc2N)s1.Cl.Cl. The van der Waals surface area contributed by atoms with Crippen molar-refractivity contribution in [3.05, 3.63) is 45.4 Å². The number of carbonyl (C=O) groups excluding carboxylic acids is 1. The summed E-state index contributed by atoms with van der Waals surface area (Å²) >= 11 is 1.68. The molecule has 3 N–H and O–H groups in total. The molecule has 2 rings (SSSR count). The summed E-state index contributed by atoms with van der Waals surface area (Å²) in [5, 5.41) is 3.95. The highest BCUT2D eigenvalue weighted by Crippen LogP contribution is 2.17. The minimum absolute atomic E-state index is 0. The van der Waals surface area contributed by atoms with E-state index in [9.17, 15) is 4.79 Å². The van der Waals surface area contributed by atoms with Crippen molar-refractivity contribution in [3.8, 4) is 0 Å². The molecular formula is C14H19Cl2N3OS. The molecule has 0 radical (unpaired) electrons. The van der Waals surface area contributed by atoms with Gasteiger partial charge < -0.3 is 11.1 Å². The molecule has 0 unspecified atom stereocenters. The maximum atomic E-state index is 11.9. The number of nitrogens with zero attached hydrogens (tertiary/aromatic N) is 1. The van der Waals surface area contributed by atoms with E-state index in [1.807, 2.05) is 26.0 Å². The summed E-state index contributed by atoms with van der Waals surface area (Å²) < 4.78 is 0. The summed E-state index contributed by atoms with van der Waals surface area (Å²) in [4.78, 5) is 17.5. The molecule has 1 heterocycles. The van der Waals surface area contributed by atoms with Gasteiger partial charge in [0.25, 0.3) is 5.91 Å². The summed E-state index contributed by atoms with van der Waals surface area (Å²) in [6, 6.07) is 7.08. The number of thiazole rings is 1. The number of benzene rings is 1. The van der Waals surface area contributed by atoms with Crippen LogP contribution in [0.25, 0.3) is 0 Å². The Kier molecular flexibility index (Phi) is 8.32. The van der Waals surface area contributed by atoms with E-state index < -0.39 is 0 Å². The molecule has 21 heavy (non-hydrogen) atoms. The minimum atomic E-state index is -0.128. The van der Waals surface area contributed by atoms with E-state index in [1.165, 1.54) is 4.88 Å². The molecule has 4 nitrogen and oxygen atoms in total. The molecule has 0 aliphatic heterocycles. The fraction of sp³-hybridized carbons (Fsp3) is 0.286. The average Bonchev–Trinajstić information content (AvgIpc) is 2.68. The number of para-hydroxylation sites is 1. The molecule has 1 aromatic heterocycles. The average molecular weight is 348 g/mol. The standard InChI is InChI=1S/C14H17N3OS.2ClH/c1-9-13(19-10(2)17-9)7-8-16-14(18)11-5-3-4-6-12(11)15;;/h3-6H,7-8,15H2,1-2H3,(H,16,18);2*1H. The monoisotopic (exact) mass is 347 g/mol. The molecule has 116 valence electrons. The molecule has 7 heteroatoms. The zero-order chi connectivity index (χ0) is 13.8. The summed E-state index contributed by atoms with van der Waals surface area (Å²) in [5.74, 6) is -0.128. The molecule has 0 saturated heterocycles. The molecule has 0 aliphatic carbocycles. The Morgan fingerprint density at radius 3 is 2.52 bits per heavy atom. The van der Waals surface area contributed by atoms with E-state index in [0.29, 0.717) is 17.8 Å². The van der Waals surface area contributed by atoms with Crippen molar-refractivity contribution in [1.29, 1.82) is 0 Å². The number of nitrogens with one attached hydrogen (secondary N) is 1. The highest BCUT2D eigenvalue weighted by Gasteiger charge is 2.09. The molecule has 0 spiro atoms. The van der Waals surface area contributed by atoms with Crippen LogP contribution in [0, 0.1) is 13.8 Å². The first-order chi connectivity index (χ1) is 9.08. The number of nitrogens with two attached hydrogens (primary N) is 1. The first-order valence-corrected chi connectivity index (χ1v) is 6.95. The lowest BCUT2D eigenvalue weighted by Crippen LogP contribution is -2.26. The number of hydrogen-bond donors (Lipinski definition) is 2. The van der Waals surface area contributed by atoms with Gasteiger partial charge in [0.05, 0.1) is 16.3 Å². The van der Waals surface area contributed by atoms with Crippen LogP contribution in [0.1, 0.15) is 25.9 Å². The van der Waals surface area contributed by atoms with Gasteiger partial charge in [-0.2, -0.15) is 0 Å². The number of halogens is 2. The molecule has 0 bridgehead atoms. The second kappa shape index (κ2) is 8.87. The van der Waals surface area contributed by atoms with Gasteiger partial charge >= 0.3 is 0 Å². The molecule has 2 aromatic rings. The number of rotatable bonds is 4. The van der Waals surface area contributed by atoms with Crippen LogP contribution in [0.15, 0.2) is 24.3 Å². The predicted molar refractivity (Wildman–Crippen MR) is 93.0 cm³/mol. The number of amides is 1. The molecule has 0 aliphatic rings. The van der Waals surface area contributed by atoms with Gasteiger partial charge in [0.2, 0.25) is 0 Å². The number of aryl methyl sites for hydroxylation is 2. The smallest absolute Gasteiger partial charge is 0.253 e. The number of carbonyl (C=O) groups is 1. The van der Waals surface area contributed by atoms with Gasteiger partial charge in [0.15, 0.2) is 0 Å². The van der Waals surface area contributed by atoms with Gasteiger partial charge in [-0.3, -0.25) is 4.79 Å². The van der Waals surface area contributed by atoms with Crippen molar-refractivity contribution in [1.82, 2.24) is 10.3 Å². The van der Waals surface area contributed by atoms with Crippen LogP contribution >= 0.6 is 36.2 Å². The number of anilines is 1. The highest BCUT2D eigenvalue weighted by atomic mass is 35.5. The van der Waals surface area contributed by atoms with Crippen LogP contribution in [-0.4, -0.2) is 17.4 Å². The Hall–Kier alpha value is -1.30. The van der Waals surface area contributed by atoms with E-state index in [-0.39, 0.29) is 30.7 Å². The van der Waals surface area contributed by atoms with Crippen molar-refractivity contribution < 1.29 is 4.79 Å². The van der Waals surface area contributed by atoms with Gasteiger partial charge in [0, 0.05) is 23.5 Å². The maximum absolute atomic E-state index is 11.9. The highest BCUT2D eigenvalue weighted by molar-refractivity contribution is 7.11. The van der Waals surface area contributed by atoms with Crippen LogP contribution < -0.4 is 11.1 Å². The van der Waals surface area contributed by atoms with Gasteiger partial charge in [-0.1, -0.05) is 12.1 Å². The Labute approximate surface area is 141 Å². The topological polar surface area (TPSA) is 68.0 Å². The quantitative estimate of drug-likeness (QED) is 0.834. The first kappa shape index (κ1) is 19.7. The fourth-order valence-corrected chi connectivity index (χ4v) is 2.83. The Bertz CT molecular complexity index is 602. The summed E-state index contributed by atoms with van der Waals surface area (Å²) in [6.07, 6.45) is 0.801. The molecule has 0 saturated carbocycles. The Morgan fingerprint density at radius 1 is 1.29 bits per heavy atom. The van der Waals surface area contributed by atoms with E-state index in [2.05, 4.69) is 10.3 Å². The minimum Gasteiger partial charge on any atom is -0.398 e. The van der Waals surface area contributed by atoms with Crippen LogP contribution in [0.5, 0.6) is 0 Å². The van der Waals surface area contributed by atoms with E-state index >= 15 is 0 Å². The third kappa shape index (κ3) is 5.19. The molecule has 1 amide bonds. The van der Waals surface area contributed by atoms with Crippen LogP contribution in [-0.2, 0) is 6.42 Å². The third-order valence-corrected chi connectivity index (χ3v) is 3.98. The number of nitrogen functional groups attached to an aromatic ring is 1. The zero-order valence-corrected chi connectivity index (χ0v) is 14.3. The second-order valence-electron chi connectivity index (χ2n) is 4.33. The Balaban J connectivity index is 0.00000200. The van der Waals surface area contributed by atoms with E-state index in [4.69, 9.17) is 5.73 Å².